The van der Waals surface area contributed by atoms with Gasteiger partial charge < -0.3 is 27.7 Å². The van der Waals surface area contributed by atoms with Crippen LogP contribution in [0, 0.1) is 0 Å². The molecule has 2 aliphatic carbocycles. The molecule has 0 aromatic heterocycles. The number of fused-ring (bicyclic) bond motifs is 4. The van der Waals surface area contributed by atoms with Crippen LogP contribution in [0.2, 0.25) is 0 Å². The van der Waals surface area contributed by atoms with E-state index in [1.807, 2.05) is 108 Å². The predicted octanol–water partition coefficient (Wildman–Crippen LogP) is 18.1. The van der Waals surface area contributed by atoms with Crippen molar-refractivity contribution in [1.82, 2.24) is 9.15 Å². The summed E-state index contributed by atoms with van der Waals surface area (Å²) in [6.07, 6.45) is 3.92. The zero-order valence-electron chi connectivity index (χ0n) is 55.5. The van der Waals surface area contributed by atoms with Crippen LogP contribution in [0.25, 0.3) is 66.8 Å². The van der Waals surface area contributed by atoms with Crippen molar-refractivity contribution in [3.05, 3.63) is 253 Å². The highest BCUT2D eigenvalue weighted by molar-refractivity contribution is 8.00. The van der Waals surface area contributed by atoms with Gasteiger partial charge >= 0.3 is 0 Å². The van der Waals surface area contributed by atoms with E-state index < -0.39 is 20.2 Å². The van der Waals surface area contributed by atoms with Gasteiger partial charge in [0.25, 0.3) is 0 Å². The SMILES string of the molecule is CCCN(CCSc1ccccc1)c1ccc2c(-c3ccccc3S(=O)(=O)[O-])c3ccc(=[N+](CCC)CCSc4ccccc4)cc-3oc2c1.CCCN(CSc1ccccc1)c1ccc2c(-c3ccccc3S(=O)(=O)[O-])c3cc/c(=[N+](\CCC)CSc4ccccc4)cc-3oc2c1. The maximum Gasteiger partial charge on any atom is 0.204 e. The number of hydrogen-bond donors (Lipinski definition) is 0. The molecule has 0 fully saturated rings. The van der Waals surface area contributed by atoms with Gasteiger partial charge in [-0.05, 0) is 110 Å². The standard InChI is InChI=1S/C41H42N2O4S3.C39H38N2O4S3/c1-3-23-42(25-27-48-33-13-7-5-8-14-33)31-19-21-35-38(29-31)47-39-30-32(43(24-4-2)26-28-49-34-15-9-6-10-16-34)20-22-36(39)41(35)37-17-11-12-18-40(37)50(44,45)46;1-3-23-40(27-46-31-13-7-5-8-14-31)29-19-21-33-36(25-29)45-37-26-30(41(24-4-2)28-47-32-15-9-6-10-16-32)20-22-34(37)39(33)35-17-11-12-18-38(35)48(42,43)44/h5-22,29-30H,3-4,23-28H2,1-2H3;5-22,25-26H,3-4,23-24,27-28H2,1-2H3. The largest absolute Gasteiger partial charge is 0.744 e. The molecule has 12 rings (SSSR count). The Balaban J connectivity index is 0.000000199. The minimum absolute atomic E-state index is 0.238. The third kappa shape index (κ3) is 18.1. The zero-order chi connectivity index (χ0) is 68.4. The molecule has 0 saturated heterocycles. The third-order valence-corrected chi connectivity index (χ3v) is 22.5. The van der Waals surface area contributed by atoms with E-state index in [0.29, 0.717) is 44.9 Å². The first kappa shape index (κ1) is 71.3. The van der Waals surface area contributed by atoms with Crippen LogP contribution in [0.1, 0.15) is 53.4 Å². The second-order valence-corrected chi connectivity index (χ2v) is 30.6. The Labute approximate surface area is 593 Å². The molecule has 18 heteroatoms. The van der Waals surface area contributed by atoms with E-state index in [1.54, 1.807) is 59.9 Å². The Morgan fingerprint density at radius 1 is 0.378 bits per heavy atom. The van der Waals surface area contributed by atoms with Gasteiger partial charge in [-0.3, -0.25) is 0 Å². The molecule has 8 aromatic rings. The highest BCUT2D eigenvalue weighted by Crippen LogP contribution is 2.45. The molecule has 12 nitrogen and oxygen atoms in total. The van der Waals surface area contributed by atoms with Crippen LogP contribution in [-0.4, -0.2) is 88.5 Å². The number of hydrogen-bond acceptors (Lipinski definition) is 14. The zero-order valence-corrected chi connectivity index (χ0v) is 60.4. The summed E-state index contributed by atoms with van der Waals surface area (Å²) in [6, 6.07) is 78.9. The lowest BCUT2D eigenvalue weighted by atomic mass is 9.93. The second kappa shape index (κ2) is 34.2. The summed E-state index contributed by atoms with van der Waals surface area (Å²) in [5, 5.41) is 3.54. The van der Waals surface area contributed by atoms with Crippen LogP contribution >= 0.6 is 47.0 Å². The summed E-state index contributed by atoms with van der Waals surface area (Å²) in [5.41, 5.74) is 6.89. The van der Waals surface area contributed by atoms with Gasteiger partial charge in [0, 0.05) is 138 Å². The average Bonchev–Trinajstić information content (AvgIpc) is 0.749. The molecule has 0 amide bonds. The Hall–Kier alpha value is -8.04. The normalized spacial score (nSPS) is 12.4. The molecular formula is C80H80N4O8S6. The second-order valence-electron chi connectivity index (χ2n) is 23.6. The number of nitrogens with zero attached hydrogens (tertiary/aromatic N) is 4. The molecule has 0 radical (unpaired) electrons. The van der Waals surface area contributed by atoms with Crippen LogP contribution in [0.15, 0.2) is 281 Å². The van der Waals surface area contributed by atoms with Crippen molar-refractivity contribution in [1.29, 1.82) is 0 Å². The minimum Gasteiger partial charge on any atom is -0.744 e. The van der Waals surface area contributed by atoms with E-state index in [-0.39, 0.29) is 9.79 Å². The Bertz CT molecular complexity index is 4960. The lowest BCUT2D eigenvalue weighted by Gasteiger charge is -2.25. The third-order valence-electron chi connectivity index (χ3n) is 16.7. The Morgan fingerprint density at radius 3 is 1.26 bits per heavy atom. The first-order valence-electron chi connectivity index (χ1n) is 33.2. The van der Waals surface area contributed by atoms with Gasteiger partial charge in [-0.15, -0.1) is 35.3 Å². The summed E-state index contributed by atoms with van der Waals surface area (Å²) < 4.78 is 93.3. The van der Waals surface area contributed by atoms with Crippen molar-refractivity contribution in [2.24, 2.45) is 0 Å². The monoisotopic (exact) mass is 1420 g/mol. The van der Waals surface area contributed by atoms with Gasteiger partial charge in [0.2, 0.25) is 10.7 Å². The number of rotatable bonds is 28. The maximum absolute atomic E-state index is 12.5. The van der Waals surface area contributed by atoms with E-state index >= 15 is 0 Å². The fraction of sp³-hybridized carbons (Fsp3) is 0.225. The molecule has 0 atom stereocenters. The van der Waals surface area contributed by atoms with Crippen molar-refractivity contribution in [2.75, 3.05) is 72.3 Å². The molecule has 8 aromatic carbocycles. The molecular weight excluding hydrogens is 1340 g/mol. The summed E-state index contributed by atoms with van der Waals surface area (Å²) in [7, 11) is -9.49. The van der Waals surface area contributed by atoms with Gasteiger partial charge in [0.1, 0.15) is 56.0 Å². The van der Waals surface area contributed by atoms with Gasteiger partial charge in [0.05, 0.1) is 33.6 Å². The molecule has 98 heavy (non-hydrogen) atoms. The Morgan fingerprint density at radius 2 is 0.786 bits per heavy atom. The number of anilines is 2. The fourth-order valence-corrected chi connectivity index (χ4v) is 17.2. The predicted molar refractivity (Wildman–Crippen MR) is 407 cm³/mol. The maximum atomic E-state index is 12.5. The summed E-state index contributed by atoms with van der Waals surface area (Å²) in [4.78, 5) is 9.09. The van der Waals surface area contributed by atoms with Crippen LogP contribution < -0.4 is 29.7 Å². The minimum atomic E-state index is -4.75. The lowest BCUT2D eigenvalue weighted by molar-refractivity contribution is 0.461. The van der Waals surface area contributed by atoms with Crippen molar-refractivity contribution in [2.45, 2.75) is 82.8 Å². The molecule has 0 bridgehead atoms. The molecule has 4 aliphatic rings. The molecule has 0 saturated carbocycles. The van der Waals surface area contributed by atoms with E-state index in [9.17, 15) is 25.9 Å². The van der Waals surface area contributed by atoms with Crippen LogP contribution in [0.5, 0.6) is 0 Å². The number of thioether (sulfide) groups is 4. The van der Waals surface area contributed by atoms with Crippen LogP contribution in [0.4, 0.5) is 11.4 Å². The highest BCUT2D eigenvalue weighted by atomic mass is 32.2. The first-order valence-corrected chi connectivity index (χ1v) is 40.0. The van der Waals surface area contributed by atoms with E-state index in [1.165, 1.54) is 31.7 Å². The molecule has 2 heterocycles. The van der Waals surface area contributed by atoms with Crippen molar-refractivity contribution >= 4 is 101 Å². The van der Waals surface area contributed by atoms with Crippen molar-refractivity contribution in [3.63, 3.8) is 0 Å². The molecule has 0 unspecified atom stereocenters. The first-order chi connectivity index (χ1) is 47.7. The van der Waals surface area contributed by atoms with Crippen molar-refractivity contribution < 1.29 is 34.8 Å². The lowest BCUT2D eigenvalue weighted by Crippen LogP contribution is -2.32. The van der Waals surface area contributed by atoms with Gasteiger partial charge in [0.15, 0.2) is 12.4 Å². The summed E-state index contributed by atoms with van der Waals surface area (Å²) in [5.74, 6) is 4.63. The van der Waals surface area contributed by atoms with Crippen LogP contribution in [-0.2, 0) is 20.2 Å². The fourth-order valence-electron chi connectivity index (χ4n) is 12.2. The average molecular weight is 1420 g/mol. The van der Waals surface area contributed by atoms with E-state index in [4.69, 9.17) is 8.83 Å². The molecule has 2 aliphatic heterocycles. The molecule has 0 spiro atoms. The highest BCUT2D eigenvalue weighted by Gasteiger charge is 2.26. The van der Waals surface area contributed by atoms with E-state index in [0.717, 1.165) is 132 Å². The summed E-state index contributed by atoms with van der Waals surface area (Å²) >= 11 is 7.22. The van der Waals surface area contributed by atoms with Gasteiger partial charge in [-0.1, -0.05) is 149 Å². The quantitative estimate of drug-likeness (QED) is 0.0150. The topological polar surface area (TPSA) is 153 Å². The van der Waals surface area contributed by atoms with Crippen LogP contribution in [0.3, 0.4) is 0 Å². The summed E-state index contributed by atoms with van der Waals surface area (Å²) in [6.45, 7) is 13.9. The van der Waals surface area contributed by atoms with E-state index in [2.05, 4.69) is 156 Å². The van der Waals surface area contributed by atoms with Crippen molar-refractivity contribution in [3.8, 4) is 44.9 Å². The van der Waals surface area contributed by atoms with Gasteiger partial charge in [-0.25, -0.2) is 26.0 Å². The number of benzene rings is 10. The molecule has 0 N–H and O–H groups in total. The molecule has 504 valence electrons. The van der Waals surface area contributed by atoms with Gasteiger partial charge in [-0.2, -0.15) is 0 Å². The smallest absolute Gasteiger partial charge is 0.204 e. The Kier molecular flexibility index (Phi) is 24.8.